The molecule has 118 valence electrons. The largest absolute Gasteiger partial charge is 0.412 e. The Kier molecular flexibility index (Phi) is 4.34. The Balaban J connectivity index is 0.000000304. The number of imidazole rings is 1. The van der Waals surface area contributed by atoms with E-state index in [0.29, 0.717) is 0 Å². The fourth-order valence-corrected chi connectivity index (χ4v) is 1.54. The molecule has 2 heterocycles. The van der Waals surface area contributed by atoms with Crippen molar-refractivity contribution in [2.75, 3.05) is 0 Å². The number of amides is 2. The second-order valence-corrected chi connectivity index (χ2v) is 4.18. The molecule has 0 unspecified atom stereocenters. The number of carbonyl (C=O) groups is 2. The molecular weight excluding hydrogens is 308 g/mol. The number of nitrogens with one attached hydrogen (secondary N) is 1. The van der Waals surface area contributed by atoms with E-state index in [1.807, 2.05) is 17.8 Å². The summed E-state index contributed by atoms with van der Waals surface area (Å²) in [4.78, 5) is 24.8. The summed E-state index contributed by atoms with van der Waals surface area (Å²) in [5.41, 5.74) is -4.60. The van der Waals surface area contributed by atoms with E-state index in [1.165, 1.54) is 0 Å². The maximum absolute atomic E-state index is 12.2. The van der Waals surface area contributed by atoms with Crippen molar-refractivity contribution in [1.82, 2.24) is 14.9 Å². The summed E-state index contributed by atoms with van der Waals surface area (Å²) in [6.07, 6.45) is -8.25. The molecule has 1 aromatic heterocycles. The zero-order valence-corrected chi connectivity index (χ0v) is 10.4. The highest BCUT2D eigenvalue weighted by Gasteiger charge is 2.78. The van der Waals surface area contributed by atoms with E-state index in [1.54, 1.807) is 12.5 Å². The van der Waals surface area contributed by atoms with Crippen molar-refractivity contribution in [3.63, 3.8) is 0 Å². The highest BCUT2D eigenvalue weighted by Crippen LogP contribution is 2.54. The van der Waals surface area contributed by atoms with Crippen molar-refractivity contribution in [3.8, 4) is 0 Å². The molecule has 0 spiro atoms. The second-order valence-electron chi connectivity index (χ2n) is 4.18. The molecule has 0 atom stereocenters. The standard InChI is InChI=1S/C6H3F6NO2.C4H6N2/c7-5(8,9)4(6(10,11)12)1-2(14)13-3(4)15;1-6-3-2-5-4-6/h1H2,(H,13,14,15);2-4H,1H3. The molecule has 1 aliphatic heterocycles. The van der Waals surface area contributed by atoms with E-state index >= 15 is 0 Å². The average Bonchev–Trinajstić information content (AvgIpc) is 2.84. The average molecular weight is 317 g/mol. The van der Waals surface area contributed by atoms with Gasteiger partial charge in [-0.25, -0.2) is 4.98 Å². The Morgan fingerprint density at radius 3 is 1.86 bits per heavy atom. The summed E-state index contributed by atoms with van der Waals surface area (Å²) in [6.45, 7) is 0. The molecule has 0 bridgehead atoms. The Morgan fingerprint density at radius 1 is 1.19 bits per heavy atom. The molecular formula is C10H9F6N3O2. The van der Waals surface area contributed by atoms with Gasteiger partial charge in [0.2, 0.25) is 11.3 Å². The van der Waals surface area contributed by atoms with E-state index in [2.05, 4.69) is 4.98 Å². The number of rotatable bonds is 0. The van der Waals surface area contributed by atoms with Crippen LogP contribution in [0.15, 0.2) is 18.7 Å². The van der Waals surface area contributed by atoms with Crippen LogP contribution >= 0.6 is 0 Å². The fraction of sp³-hybridized carbons (Fsp3) is 0.500. The molecule has 1 aliphatic rings. The zero-order valence-electron chi connectivity index (χ0n) is 10.4. The molecule has 2 amide bonds. The van der Waals surface area contributed by atoms with Crippen LogP contribution in [0, 0.1) is 5.41 Å². The number of nitrogens with zero attached hydrogens (tertiary/aromatic N) is 2. The van der Waals surface area contributed by atoms with Crippen molar-refractivity contribution >= 4 is 11.8 Å². The Bertz CT molecular complexity index is 506. The first-order valence-corrected chi connectivity index (χ1v) is 5.31. The van der Waals surface area contributed by atoms with Gasteiger partial charge in [-0.3, -0.25) is 14.9 Å². The zero-order chi connectivity index (χ0) is 16.5. The lowest BCUT2D eigenvalue weighted by Gasteiger charge is -2.29. The highest BCUT2D eigenvalue weighted by atomic mass is 19.4. The van der Waals surface area contributed by atoms with Crippen LogP contribution in [0.25, 0.3) is 0 Å². The molecule has 1 fully saturated rings. The van der Waals surface area contributed by atoms with E-state index in [4.69, 9.17) is 0 Å². The third-order valence-corrected chi connectivity index (χ3v) is 2.67. The summed E-state index contributed by atoms with van der Waals surface area (Å²) in [5, 5.41) is 1.00. The predicted molar refractivity (Wildman–Crippen MR) is 55.5 cm³/mol. The minimum absolute atomic E-state index is 1.00. The van der Waals surface area contributed by atoms with Gasteiger partial charge in [-0.2, -0.15) is 26.3 Å². The molecule has 2 rings (SSSR count). The summed E-state index contributed by atoms with van der Waals surface area (Å²) in [7, 11) is 1.94. The number of aryl methyl sites for hydroxylation is 1. The van der Waals surface area contributed by atoms with Crippen molar-refractivity contribution < 1.29 is 35.9 Å². The van der Waals surface area contributed by atoms with Gasteiger partial charge in [-0.1, -0.05) is 0 Å². The van der Waals surface area contributed by atoms with Gasteiger partial charge >= 0.3 is 12.4 Å². The summed E-state index contributed by atoms with van der Waals surface area (Å²) >= 11 is 0. The van der Waals surface area contributed by atoms with E-state index in [9.17, 15) is 35.9 Å². The Hall–Kier alpha value is -2.07. The van der Waals surface area contributed by atoms with Crippen molar-refractivity contribution in [3.05, 3.63) is 18.7 Å². The molecule has 0 saturated carbocycles. The van der Waals surface area contributed by atoms with Gasteiger partial charge in [0.1, 0.15) is 0 Å². The maximum atomic E-state index is 12.2. The van der Waals surface area contributed by atoms with Gasteiger partial charge in [0.05, 0.1) is 12.7 Å². The van der Waals surface area contributed by atoms with E-state index in [-0.39, 0.29) is 0 Å². The first-order chi connectivity index (χ1) is 9.42. The fourth-order valence-electron chi connectivity index (χ4n) is 1.54. The lowest BCUT2D eigenvalue weighted by Crippen LogP contribution is -2.54. The third-order valence-electron chi connectivity index (χ3n) is 2.67. The Morgan fingerprint density at radius 2 is 1.71 bits per heavy atom. The van der Waals surface area contributed by atoms with Crippen LogP contribution in [0.2, 0.25) is 0 Å². The monoisotopic (exact) mass is 317 g/mol. The minimum Gasteiger partial charge on any atom is -0.341 e. The molecule has 0 radical (unpaired) electrons. The number of halogens is 6. The summed E-state index contributed by atoms with van der Waals surface area (Å²) in [6, 6.07) is 0. The van der Waals surface area contributed by atoms with Crippen LogP contribution in [0.4, 0.5) is 26.3 Å². The highest BCUT2D eigenvalue weighted by molar-refractivity contribution is 6.06. The lowest BCUT2D eigenvalue weighted by molar-refractivity contribution is -0.320. The number of alkyl halides is 6. The van der Waals surface area contributed by atoms with E-state index < -0.39 is 36.0 Å². The van der Waals surface area contributed by atoms with Crippen LogP contribution in [-0.2, 0) is 16.6 Å². The smallest absolute Gasteiger partial charge is 0.341 e. The molecule has 0 aliphatic carbocycles. The van der Waals surface area contributed by atoms with Crippen LogP contribution in [-0.4, -0.2) is 33.7 Å². The first kappa shape index (κ1) is 17.0. The molecule has 21 heavy (non-hydrogen) atoms. The van der Waals surface area contributed by atoms with Crippen LogP contribution in [0.3, 0.4) is 0 Å². The summed E-state index contributed by atoms with van der Waals surface area (Å²) in [5.74, 6) is -3.96. The van der Waals surface area contributed by atoms with Crippen LogP contribution < -0.4 is 5.32 Å². The number of hydrogen-bond acceptors (Lipinski definition) is 3. The second kappa shape index (κ2) is 5.37. The molecule has 11 heteroatoms. The topological polar surface area (TPSA) is 64.0 Å². The first-order valence-electron chi connectivity index (χ1n) is 5.31. The molecule has 1 aromatic rings. The minimum atomic E-state index is -5.85. The molecule has 0 aromatic carbocycles. The molecule has 5 nitrogen and oxygen atoms in total. The predicted octanol–water partition coefficient (Wildman–Crippen LogP) is 1.56. The van der Waals surface area contributed by atoms with Gasteiger partial charge in [0, 0.05) is 19.4 Å². The van der Waals surface area contributed by atoms with Crippen LogP contribution in [0.1, 0.15) is 6.42 Å². The SMILES string of the molecule is Cn1ccnc1.O=C1CC(C(F)(F)F)(C(F)(F)F)C(=O)N1. The van der Waals surface area contributed by atoms with Crippen molar-refractivity contribution in [2.45, 2.75) is 18.8 Å². The van der Waals surface area contributed by atoms with Crippen molar-refractivity contribution in [2.24, 2.45) is 12.5 Å². The van der Waals surface area contributed by atoms with Crippen molar-refractivity contribution in [1.29, 1.82) is 0 Å². The third kappa shape index (κ3) is 3.16. The number of imide groups is 1. The summed E-state index contributed by atoms with van der Waals surface area (Å²) < 4.78 is 75.1. The normalized spacial score (nSPS) is 18.0. The number of carbonyl (C=O) groups excluding carboxylic acids is 2. The number of aromatic nitrogens is 2. The number of hydrogen-bond donors (Lipinski definition) is 1. The van der Waals surface area contributed by atoms with Gasteiger partial charge < -0.3 is 4.57 Å². The molecule has 1 N–H and O–H groups in total. The van der Waals surface area contributed by atoms with Gasteiger partial charge in [-0.15, -0.1) is 0 Å². The quantitative estimate of drug-likeness (QED) is 0.583. The van der Waals surface area contributed by atoms with Gasteiger partial charge in [0.25, 0.3) is 5.91 Å². The maximum Gasteiger partial charge on any atom is 0.412 e. The van der Waals surface area contributed by atoms with Gasteiger partial charge in [0.15, 0.2) is 0 Å². The van der Waals surface area contributed by atoms with Gasteiger partial charge in [-0.05, 0) is 0 Å². The molecule has 1 saturated heterocycles. The van der Waals surface area contributed by atoms with E-state index in [0.717, 1.165) is 5.32 Å². The van der Waals surface area contributed by atoms with Crippen LogP contribution in [0.5, 0.6) is 0 Å². The lowest BCUT2D eigenvalue weighted by atomic mass is 9.84. The Labute approximate surface area is 113 Å².